The number of carbonyl (C=O) groups excluding carboxylic acids is 1. The van der Waals surface area contributed by atoms with Gasteiger partial charge in [0.15, 0.2) is 5.78 Å². The molecule has 4 atom stereocenters. The molecule has 0 heterocycles. The van der Waals surface area contributed by atoms with Crippen LogP contribution in [-0.4, -0.2) is 5.78 Å². The molecule has 0 aliphatic heterocycles. The highest BCUT2D eigenvalue weighted by atomic mass is 16.1. The van der Waals surface area contributed by atoms with E-state index in [1.807, 2.05) is 6.07 Å². The van der Waals surface area contributed by atoms with Gasteiger partial charge in [-0.25, -0.2) is 0 Å². The van der Waals surface area contributed by atoms with E-state index in [-0.39, 0.29) is 0 Å². The van der Waals surface area contributed by atoms with Gasteiger partial charge in [0.05, 0.1) is 0 Å². The predicted molar refractivity (Wildman–Crippen MR) is 81.1 cm³/mol. The highest BCUT2D eigenvalue weighted by Crippen LogP contribution is 2.55. The lowest BCUT2D eigenvalue weighted by Gasteiger charge is -2.39. The maximum absolute atomic E-state index is 12.8. The predicted octanol–water partition coefficient (Wildman–Crippen LogP) is 4.49. The smallest absolute Gasteiger partial charge is 0.162 e. The summed E-state index contributed by atoms with van der Waals surface area (Å²) in [6.07, 6.45) is 9.88. The summed E-state index contributed by atoms with van der Waals surface area (Å²) in [6, 6.07) is 10.4. The lowest BCUT2D eigenvalue weighted by molar-refractivity contribution is -0.119. The third kappa shape index (κ3) is 1.87. The monoisotopic (exact) mass is 266 g/mol. The van der Waals surface area contributed by atoms with E-state index in [1.54, 1.807) is 0 Å². The van der Waals surface area contributed by atoms with Gasteiger partial charge in [-0.05, 0) is 47.8 Å². The molecular formula is C19H22O. The molecule has 3 aliphatic carbocycles. The van der Waals surface area contributed by atoms with Gasteiger partial charge in [0.1, 0.15) is 0 Å². The normalized spacial score (nSPS) is 38.0. The van der Waals surface area contributed by atoms with Crippen LogP contribution >= 0.6 is 0 Å². The topological polar surface area (TPSA) is 17.1 Å². The zero-order valence-corrected chi connectivity index (χ0v) is 11.9. The first-order valence-corrected chi connectivity index (χ1v) is 8.15. The van der Waals surface area contributed by atoms with Crippen LogP contribution in [0.5, 0.6) is 0 Å². The van der Waals surface area contributed by atoms with Crippen LogP contribution in [0.3, 0.4) is 0 Å². The van der Waals surface area contributed by atoms with Gasteiger partial charge < -0.3 is 0 Å². The standard InChI is InChI=1S/C19H22O/c20-19-16-11-5-9-14-8-4-10-15(18(14)16)17(19)12-13-6-2-1-3-7-13/h1-3,6-7,12,14-16,18H,4-5,8-11H2/b17-12+. The second-order valence-corrected chi connectivity index (χ2v) is 6.79. The summed E-state index contributed by atoms with van der Waals surface area (Å²) in [5, 5.41) is 0. The second kappa shape index (κ2) is 4.87. The van der Waals surface area contributed by atoms with Crippen molar-refractivity contribution in [1.29, 1.82) is 0 Å². The Morgan fingerprint density at radius 3 is 2.35 bits per heavy atom. The average molecular weight is 266 g/mol. The van der Waals surface area contributed by atoms with Crippen molar-refractivity contribution in [2.45, 2.75) is 38.5 Å². The van der Waals surface area contributed by atoms with Gasteiger partial charge in [-0.3, -0.25) is 4.79 Å². The fourth-order valence-corrected chi connectivity index (χ4v) is 5.02. The Labute approximate surface area is 121 Å². The zero-order valence-electron chi connectivity index (χ0n) is 11.9. The molecule has 3 saturated carbocycles. The van der Waals surface area contributed by atoms with Crippen molar-refractivity contribution < 1.29 is 4.79 Å². The fourth-order valence-electron chi connectivity index (χ4n) is 5.02. The Balaban J connectivity index is 1.73. The third-order valence-corrected chi connectivity index (χ3v) is 5.80. The molecule has 4 rings (SSSR count). The van der Waals surface area contributed by atoms with Crippen LogP contribution in [0.4, 0.5) is 0 Å². The van der Waals surface area contributed by atoms with Crippen molar-refractivity contribution >= 4 is 11.9 Å². The largest absolute Gasteiger partial charge is 0.294 e. The summed E-state index contributed by atoms with van der Waals surface area (Å²) >= 11 is 0. The zero-order chi connectivity index (χ0) is 13.5. The number of ketones is 1. The molecule has 0 bridgehead atoms. The number of hydrogen-bond acceptors (Lipinski definition) is 1. The van der Waals surface area contributed by atoms with E-state index < -0.39 is 0 Å². The van der Waals surface area contributed by atoms with E-state index in [9.17, 15) is 4.79 Å². The van der Waals surface area contributed by atoms with Crippen LogP contribution in [0, 0.1) is 23.7 Å². The molecule has 0 saturated heterocycles. The molecule has 3 aliphatic rings. The molecule has 0 N–H and O–H groups in total. The van der Waals surface area contributed by atoms with E-state index in [1.165, 1.54) is 37.7 Å². The molecular weight excluding hydrogens is 244 g/mol. The van der Waals surface area contributed by atoms with Gasteiger partial charge in [0, 0.05) is 5.92 Å². The van der Waals surface area contributed by atoms with Crippen molar-refractivity contribution in [2.24, 2.45) is 23.7 Å². The van der Waals surface area contributed by atoms with Crippen LogP contribution in [0.2, 0.25) is 0 Å². The minimum Gasteiger partial charge on any atom is -0.294 e. The molecule has 0 spiro atoms. The summed E-state index contributed by atoms with van der Waals surface area (Å²) in [5.41, 5.74) is 2.34. The second-order valence-electron chi connectivity index (χ2n) is 6.79. The van der Waals surface area contributed by atoms with Crippen LogP contribution in [0.25, 0.3) is 6.08 Å². The Morgan fingerprint density at radius 1 is 0.900 bits per heavy atom. The SMILES string of the molecule is O=C1/C(=C/c2ccccc2)C2CCCC3CCCC1C32. The van der Waals surface area contributed by atoms with E-state index >= 15 is 0 Å². The minimum atomic E-state index is 0.356. The molecule has 0 aromatic heterocycles. The van der Waals surface area contributed by atoms with E-state index in [2.05, 4.69) is 30.3 Å². The summed E-state index contributed by atoms with van der Waals surface area (Å²) in [4.78, 5) is 12.8. The molecule has 1 nitrogen and oxygen atoms in total. The Hall–Kier alpha value is -1.37. The number of benzene rings is 1. The summed E-state index contributed by atoms with van der Waals surface area (Å²) in [6.45, 7) is 0. The lowest BCUT2D eigenvalue weighted by Crippen LogP contribution is -2.33. The van der Waals surface area contributed by atoms with Crippen molar-refractivity contribution in [2.75, 3.05) is 0 Å². The fraction of sp³-hybridized carbons (Fsp3) is 0.526. The highest BCUT2D eigenvalue weighted by Gasteiger charge is 2.51. The minimum absolute atomic E-state index is 0.356. The number of Topliss-reactive ketones (excluding diaryl/α,β-unsaturated/α-hetero) is 1. The molecule has 20 heavy (non-hydrogen) atoms. The summed E-state index contributed by atoms with van der Waals surface area (Å²) < 4.78 is 0. The molecule has 0 amide bonds. The average Bonchev–Trinajstić information content (AvgIpc) is 2.77. The van der Waals surface area contributed by atoms with Crippen molar-refractivity contribution in [3.63, 3.8) is 0 Å². The summed E-state index contributed by atoms with van der Waals surface area (Å²) in [7, 11) is 0. The maximum Gasteiger partial charge on any atom is 0.162 e. The first-order chi connectivity index (χ1) is 9.84. The number of hydrogen-bond donors (Lipinski definition) is 0. The quantitative estimate of drug-likeness (QED) is 0.685. The first-order valence-electron chi connectivity index (χ1n) is 8.15. The van der Waals surface area contributed by atoms with Gasteiger partial charge >= 0.3 is 0 Å². The van der Waals surface area contributed by atoms with Crippen LogP contribution in [-0.2, 0) is 4.79 Å². The van der Waals surface area contributed by atoms with Crippen molar-refractivity contribution in [1.82, 2.24) is 0 Å². The summed E-state index contributed by atoms with van der Waals surface area (Å²) in [5.74, 6) is 2.91. The van der Waals surface area contributed by atoms with Gasteiger partial charge in [0.25, 0.3) is 0 Å². The lowest BCUT2D eigenvalue weighted by atomic mass is 9.64. The van der Waals surface area contributed by atoms with Crippen molar-refractivity contribution in [3.05, 3.63) is 41.5 Å². The van der Waals surface area contributed by atoms with Gasteiger partial charge in [-0.2, -0.15) is 0 Å². The molecule has 104 valence electrons. The van der Waals surface area contributed by atoms with E-state index in [4.69, 9.17) is 0 Å². The molecule has 0 radical (unpaired) electrons. The van der Waals surface area contributed by atoms with E-state index in [0.717, 1.165) is 17.9 Å². The number of carbonyl (C=O) groups is 1. The Bertz CT molecular complexity index is 540. The van der Waals surface area contributed by atoms with Crippen LogP contribution in [0.15, 0.2) is 35.9 Å². The molecule has 1 aromatic carbocycles. The first kappa shape index (κ1) is 12.4. The van der Waals surface area contributed by atoms with Gasteiger partial charge in [0.2, 0.25) is 0 Å². The maximum atomic E-state index is 12.8. The third-order valence-electron chi connectivity index (χ3n) is 5.80. The number of allylic oxidation sites excluding steroid dienone is 1. The molecule has 3 fully saturated rings. The van der Waals surface area contributed by atoms with Crippen LogP contribution < -0.4 is 0 Å². The highest BCUT2D eigenvalue weighted by molar-refractivity contribution is 6.04. The Kier molecular flexibility index (Phi) is 3.02. The van der Waals surface area contributed by atoms with Crippen molar-refractivity contribution in [3.8, 4) is 0 Å². The molecule has 1 heteroatoms. The number of rotatable bonds is 1. The Morgan fingerprint density at radius 2 is 1.60 bits per heavy atom. The van der Waals surface area contributed by atoms with Crippen LogP contribution in [0.1, 0.15) is 44.1 Å². The molecule has 1 aromatic rings. The van der Waals surface area contributed by atoms with Gasteiger partial charge in [-0.15, -0.1) is 0 Å². The van der Waals surface area contributed by atoms with Gasteiger partial charge in [-0.1, -0.05) is 56.0 Å². The molecule has 4 unspecified atom stereocenters. The van der Waals surface area contributed by atoms with E-state index in [0.29, 0.717) is 23.5 Å².